The van der Waals surface area contributed by atoms with E-state index in [0.29, 0.717) is 17.1 Å². The van der Waals surface area contributed by atoms with Crippen LogP contribution in [0, 0.1) is 0 Å². The predicted molar refractivity (Wildman–Crippen MR) is 114 cm³/mol. The SMILES string of the molecule is CS(=O)(=O)Nc1ccc(NC(=O)Nc2ccc(Nc3ccccc3)cc2)cc1. The monoisotopic (exact) mass is 396 g/mol. The number of para-hydroxylation sites is 1. The first-order valence-electron chi connectivity index (χ1n) is 8.45. The molecule has 2 amide bonds. The normalized spacial score (nSPS) is 10.8. The number of hydrogen-bond donors (Lipinski definition) is 4. The highest BCUT2D eigenvalue weighted by molar-refractivity contribution is 7.92. The molecule has 0 saturated carbocycles. The van der Waals surface area contributed by atoms with Gasteiger partial charge in [-0.15, -0.1) is 0 Å². The maximum Gasteiger partial charge on any atom is 0.323 e. The second-order valence-corrected chi connectivity index (χ2v) is 7.85. The summed E-state index contributed by atoms with van der Waals surface area (Å²) in [7, 11) is -3.33. The van der Waals surface area contributed by atoms with Crippen molar-refractivity contribution in [2.24, 2.45) is 0 Å². The van der Waals surface area contributed by atoms with Crippen molar-refractivity contribution >= 4 is 44.5 Å². The van der Waals surface area contributed by atoms with E-state index in [4.69, 9.17) is 0 Å². The minimum Gasteiger partial charge on any atom is -0.356 e. The van der Waals surface area contributed by atoms with Crippen LogP contribution in [0.2, 0.25) is 0 Å². The van der Waals surface area contributed by atoms with Gasteiger partial charge in [0.05, 0.1) is 6.26 Å². The molecule has 4 N–H and O–H groups in total. The number of carbonyl (C=O) groups excluding carboxylic acids is 1. The lowest BCUT2D eigenvalue weighted by Crippen LogP contribution is -2.19. The van der Waals surface area contributed by atoms with Crippen molar-refractivity contribution in [3.63, 3.8) is 0 Å². The standard InChI is InChI=1S/C20H20N4O3S/c1-28(26,27)24-19-13-11-18(12-14-19)23-20(25)22-17-9-7-16(8-10-17)21-15-5-3-2-4-6-15/h2-14,21,24H,1H3,(H2,22,23,25). The van der Waals surface area contributed by atoms with Crippen LogP contribution in [0.15, 0.2) is 78.9 Å². The molecular formula is C20H20N4O3S. The van der Waals surface area contributed by atoms with Gasteiger partial charge < -0.3 is 16.0 Å². The van der Waals surface area contributed by atoms with Crippen molar-refractivity contribution in [3.8, 4) is 0 Å². The van der Waals surface area contributed by atoms with Gasteiger partial charge in [0, 0.05) is 28.4 Å². The Hall–Kier alpha value is -3.52. The Labute approximate surface area is 163 Å². The third-order valence-electron chi connectivity index (χ3n) is 3.65. The van der Waals surface area contributed by atoms with E-state index in [-0.39, 0.29) is 0 Å². The van der Waals surface area contributed by atoms with Crippen molar-refractivity contribution in [2.75, 3.05) is 26.9 Å². The number of hydrogen-bond acceptors (Lipinski definition) is 4. The molecule has 0 radical (unpaired) electrons. The fourth-order valence-corrected chi connectivity index (χ4v) is 3.02. The van der Waals surface area contributed by atoms with E-state index in [1.165, 1.54) is 0 Å². The highest BCUT2D eigenvalue weighted by Crippen LogP contribution is 2.19. The fraction of sp³-hybridized carbons (Fsp3) is 0.0500. The van der Waals surface area contributed by atoms with Gasteiger partial charge in [0.1, 0.15) is 0 Å². The molecule has 0 aliphatic heterocycles. The van der Waals surface area contributed by atoms with E-state index in [1.54, 1.807) is 36.4 Å². The van der Waals surface area contributed by atoms with Crippen molar-refractivity contribution in [2.45, 2.75) is 0 Å². The van der Waals surface area contributed by atoms with Gasteiger partial charge >= 0.3 is 6.03 Å². The van der Waals surface area contributed by atoms with Gasteiger partial charge in [0.15, 0.2) is 0 Å². The number of anilines is 5. The van der Waals surface area contributed by atoms with Gasteiger partial charge in [-0.2, -0.15) is 0 Å². The molecule has 0 heterocycles. The van der Waals surface area contributed by atoms with Gasteiger partial charge in [-0.3, -0.25) is 4.72 Å². The van der Waals surface area contributed by atoms with Gasteiger partial charge in [-0.1, -0.05) is 18.2 Å². The molecule has 3 rings (SSSR count). The first kappa shape index (κ1) is 19.2. The summed E-state index contributed by atoms with van der Waals surface area (Å²) in [4.78, 5) is 12.1. The average molecular weight is 396 g/mol. The van der Waals surface area contributed by atoms with Gasteiger partial charge in [-0.25, -0.2) is 13.2 Å². The summed E-state index contributed by atoms with van der Waals surface area (Å²) >= 11 is 0. The van der Waals surface area contributed by atoms with Gasteiger partial charge in [0.2, 0.25) is 10.0 Å². The minimum absolute atomic E-state index is 0.396. The zero-order valence-electron chi connectivity index (χ0n) is 15.1. The van der Waals surface area contributed by atoms with E-state index < -0.39 is 16.1 Å². The van der Waals surface area contributed by atoms with E-state index >= 15 is 0 Å². The molecule has 0 fully saturated rings. The van der Waals surface area contributed by atoms with Gasteiger partial charge in [-0.05, 0) is 60.7 Å². The van der Waals surface area contributed by atoms with Crippen LogP contribution in [0.1, 0.15) is 0 Å². The first-order chi connectivity index (χ1) is 13.4. The summed E-state index contributed by atoms with van der Waals surface area (Å²) in [6.45, 7) is 0. The zero-order chi connectivity index (χ0) is 20.0. The third-order valence-corrected chi connectivity index (χ3v) is 4.26. The quantitative estimate of drug-likeness (QED) is 0.495. The molecule has 0 bridgehead atoms. The van der Waals surface area contributed by atoms with Crippen LogP contribution in [0.5, 0.6) is 0 Å². The van der Waals surface area contributed by atoms with Crippen LogP contribution in [0.25, 0.3) is 0 Å². The van der Waals surface area contributed by atoms with Gasteiger partial charge in [0.25, 0.3) is 0 Å². The number of urea groups is 1. The summed E-state index contributed by atoms with van der Waals surface area (Å²) in [5.41, 5.74) is 3.50. The molecule has 3 aromatic rings. The van der Waals surface area contributed by atoms with E-state index in [1.807, 2.05) is 42.5 Å². The fourth-order valence-electron chi connectivity index (χ4n) is 2.45. The Morgan fingerprint density at radius 2 is 1.07 bits per heavy atom. The Kier molecular flexibility index (Phi) is 5.81. The van der Waals surface area contributed by atoms with E-state index in [0.717, 1.165) is 17.6 Å². The number of carbonyl (C=O) groups is 1. The highest BCUT2D eigenvalue weighted by atomic mass is 32.2. The Morgan fingerprint density at radius 1 is 0.643 bits per heavy atom. The molecule has 0 aromatic heterocycles. The largest absolute Gasteiger partial charge is 0.356 e. The molecule has 3 aromatic carbocycles. The lowest BCUT2D eigenvalue weighted by molar-refractivity contribution is 0.262. The number of benzene rings is 3. The molecule has 144 valence electrons. The number of rotatable bonds is 6. The number of sulfonamides is 1. The third kappa shape index (κ3) is 6.03. The summed E-state index contributed by atoms with van der Waals surface area (Å²) in [5, 5.41) is 8.71. The maximum absolute atomic E-state index is 12.1. The van der Waals surface area contributed by atoms with E-state index in [2.05, 4.69) is 20.7 Å². The molecular weight excluding hydrogens is 376 g/mol. The Bertz CT molecular complexity index is 1040. The molecule has 0 aliphatic carbocycles. The summed E-state index contributed by atoms with van der Waals surface area (Å²) in [6, 6.07) is 23.1. The second kappa shape index (κ2) is 8.45. The van der Waals surface area contributed by atoms with Crippen molar-refractivity contribution in [1.82, 2.24) is 0 Å². The van der Waals surface area contributed by atoms with Crippen LogP contribution < -0.4 is 20.7 Å². The molecule has 8 heteroatoms. The molecule has 28 heavy (non-hydrogen) atoms. The van der Waals surface area contributed by atoms with Crippen molar-refractivity contribution < 1.29 is 13.2 Å². The van der Waals surface area contributed by atoms with Crippen LogP contribution in [0.4, 0.5) is 33.2 Å². The van der Waals surface area contributed by atoms with Crippen LogP contribution in [0.3, 0.4) is 0 Å². The summed E-state index contributed by atoms with van der Waals surface area (Å²) in [5.74, 6) is 0. The Morgan fingerprint density at radius 3 is 1.57 bits per heavy atom. The lowest BCUT2D eigenvalue weighted by Gasteiger charge is -2.10. The van der Waals surface area contributed by atoms with Crippen molar-refractivity contribution in [1.29, 1.82) is 0 Å². The van der Waals surface area contributed by atoms with Crippen LogP contribution >= 0.6 is 0 Å². The molecule has 0 unspecified atom stereocenters. The molecule has 7 nitrogen and oxygen atoms in total. The Balaban J connectivity index is 1.54. The summed E-state index contributed by atoms with van der Waals surface area (Å²) in [6.07, 6.45) is 1.08. The average Bonchev–Trinajstić information content (AvgIpc) is 2.65. The summed E-state index contributed by atoms with van der Waals surface area (Å²) < 4.78 is 24.8. The zero-order valence-corrected chi connectivity index (χ0v) is 16.0. The lowest BCUT2D eigenvalue weighted by atomic mass is 10.2. The second-order valence-electron chi connectivity index (χ2n) is 6.10. The van der Waals surface area contributed by atoms with Crippen molar-refractivity contribution in [3.05, 3.63) is 78.9 Å². The number of amides is 2. The van der Waals surface area contributed by atoms with E-state index in [9.17, 15) is 13.2 Å². The predicted octanol–water partition coefficient (Wildman–Crippen LogP) is 4.45. The first-order valence-corrected chi connectivity index (χ1v) is 10.3. The van der Waals surface area contributed by atoms with Crippen LogP contribution in [-0.4, -0.2) is 20.7 Å². The smallest absolute Gasteiger partial charge is 0.323 e. The topological polar surface area (TPSA) is 99.3 Å². The number of nitrogens with one attached hydrogen (secondary N) is 4. The van der Waals surface area contributed by atoms with Crippen LogP contribution in [-0.2, 0) is 10.0 Å². The minimum atomic E-state index is -3.33. The highest BCUT2D eigenvalue weighted by Gasteiger charge is 2.05. The molecule has 0 atom stereocenters. The molecule has 0 spiro atoms. The molecule has 0 saturated heterocycles. The molecule has 0 aliphatic rings. The maximum atomic E-state index is 12.1.